The summed E-state index contributed by atoms with van der Waals surface area (Å²) in [5, 5.41) is 9.56. The molecule has 0 radical (unpaired) electrons. The third kappa shape index (κ3) is 4.85. The maximum absolute atomic E-state index is 13.3. The summed E-state index contributed by atoms with van der Waals surface area (Å²) < 4.78 is 24.8. The molecule has 0 aromatic carbocycles. The van der Waals surface area contributed by atoms with E-state index in [-0.39, 0.29) is 11.5 Å². The van der Waals surface area contributed by atoms with Crippen LogP contribution in [-0.4, -0.2) is 61.1 Å². The van der Waals surface area contributed by atoms with Crippen LogP contribution in [0.2, 0.25) is 18.1 Å². The molecule has 0 aromatic rings. The molecular weight excluding hydrogens is 400 g/mol. The standard InChI is InChI=1S/C22H40N2O5Si/c1-19(2,3)28-18(25)24-15(14-26-30(10,11)20(4,5)6)17-22(9,16(24)12-13-23)29-21(7,8)27-17/h15-17H,12,14H2,1-11H3/t15-,16+,17-,22+/m1/s1. The van der Waals surface area contributed by atoms with Gasteiger partial charge in [-0.05, 0) is 59.7 Å². The second-order valence-electron chi connectivity index (χ2n) is 11.6. The van der Waals surface area contributed by atoms with Crippen molar-refractivity contribution in [3.63, 3.8) is 0 Å². The second kappa shape index (κ2) is 7.77. The van der Waals surface area contributed by atoms with Gasteiger partial charge in [-0.3, -0.25) is 4.90 Å². The predicted molar refractivity (Wildman–Crippen MR) is 117 cm³/mol. The van der Waals surface area contributed by atoms with Crippen molar-refractivity contribution in [2.45, 2.75) is 122 Å². The lowest BCUT2D eigenvalue weighted by molar-refractivity contribution is -0.182. The highest BCUT2D eigenvalue weighted by molar-refractivity contribution is 6.74. The summed E-state index contributed by atoms with van der Waals surface area (Å²) in [5.74, 6) is -0.803. The maximum atomic E-state index is 13.3. The first kappa shape index (κ1) is 25.1. The summed E-state index contributed by atoms with van der Waals surface area (Å²) in [7, 11) is -2.07. The second-order valence-corrected chi connectivity index (χ2v) is 16.4. The highest BCUT2D eigenvalue weighted by Crippen LogP contribution is 2.50. The molecule has 0 unspecified atom stereocenters. The molecule has 0 saturated carbocycles. The molecule has 2 heterocycles. The molecule has 2 saturated heterocycles. The Kier molecular flexibility index (Phi) is 6.51. The molecule has 0 bridgehead atoms. The Hall–Kier alpha value is -1.14. The van der Waals surface area contributed by atoms with Crippen LogP contribution in [0.25, 0.3) is 0 Å². The van der Waals surface area contributed by atoms with Gasteiger partial charge in [0, 0.05) is 0 Å². The van der Waals surface area contributed by atoms with Crippen LogP contribution < -0.4 is 0 Å². The minimum Gasteiger partial charge on any atom is -0.444 e. The van der Waals surface area contributed by atoms with Crippen LogP contribution >= 0.6 is 0 Å². The fourth-order valence-corrected chi connectivity index (χ4v) is 5.07. The van der Waals surface area contributed by atoms with E-state index >= 15 is 0 Å². The Morgan fingerprint density at radius 3 is 2.20 bits per heavy atom. The van der Waals surface area contributed by atoms with Gasteiger partial charge in [-0.15, -0.1) is 0 Å². The zero-order valence-corrected chi connectivity index (χ0v) is 21.6. The lowest BCUT2D eigenvalue weighted by Crippen LogP contribution is -2.52. The van der Waals surface area contributed by atoms with E-state index in [2.05, 4.69) is 39.9 Å². The van der Waals surface area contributed by atoms with Crippen molar-refractivity contribution in [3.05, 3.63) is 0 Å². The number of carbonyl (C=O) groups is 1. The van der Waals surface area contributed by atoms with E-state index in [1.54, 1.807) is 4.90 Å². The predicted octanol–water partition coefficient (Wildman–Crippen LogP) is 4.82. The van der Waals surface area contributed by atoms with E-state index in [1.165, 1.54) is 0 Å². The molecule has 0 spiro atoms. The van der Waals surface area contributed by atoms with E-state index in [0.717, 1.165) is 0 Å². The minimum atomic E-state index is -2.07. The van der Waals surface area contributed by atoms with E-state index in [0.29, 0.717) is 6.61 Å². The molecule has 8 heteroatoms. The molecule has 7 nitrogen and oxygen atoms in total. The smallest absolute Gasteiger partial charge is 0.411 e. The van der Waals surface area contributed by atoms with Crippen molar-refractivity contribution >= 4 is 14.4 Å². The molecule has 1 amide bonds. The Bertz CT molecular complexity index is 704. The normalized spacial score (nSPS) is 31.4. The highest BCUT2D eigenvalue weighted by Gasteiger charge is 2.67. The van der Waals surface area contributed by atoms with Gasteiger partial charge < -0.3 is 18.6 Å². The molecule has 0 N–H and O–H groups in total. The quantitative estimate of drug-likeness (QED) is 0.583. The summed E-state index contributed by atoms with van der Waals surface area (Å²) >= 11 is 0. The van der Waals surface area contributed by atoms with E-state index < -0.39 is 49.6 Å². The topological polar surface area (TPSA) is 81.0 Å². The van der Waals surface area contributed by atoms with Crippen molar-refractivity contribution in [2.24, 2.45) is 0 Å². The fraction of sp³-hybridized carbons (Fsp3) is 0.909. The van der Waals surface area contributed by atoms with Crippen LogP contribution in [-0.2, 0) is 18.6 Å². The van der Waals surface area contributed by atoms with Crippen LogP contribution in [0.5, 0.6) is 0 Å². The number of nitriles is 1. The van der Waals surface area contributed by atoms with Gasteiger partial charge in [0.1, 0.15) is 17.3 Å². The zero-order valence-electron chi connectivity index (χ0n) is 20.6. The third-order valence-corrected chi connectivity index (χ3v) is 11.0. The molecule has 2 fully saturated rings. The molecule has 0 aromatic heterocycles. The van der Waals surface area contributed by atoms with Crippen molar-refractivity contribution in [3.8, 4) is 6.07 Å². The number of rotatable bonds is 4. The van der Waals surface area contributed by atoms with Crippen molar-refractivity contribution in [1.29, 1.82) is 5.26 Å². The van der Waals surface area contributed by atoms with Crippen LogP contribution in [0.15, 0.2) is 0 Å². The summed E-state index contributed by atoms with van der Waals surface area (Å²) in [6, 6.07) is 1.33. The lowest BCUT2D eigenvalue weighted by Gasteiger charge is -2.40. The number of ether oxygens (including phenoxy) is 3. The van der Waals surface area contributed by atoms with Gasteiger partial charge >= 0.3 is 6.09 Å². The summed E-state index contributed by atoms with van der Waals surface area (Å²) in [5.41, 5.74) is -1.48. The largest absolute Gasteiger partial charge is 0.444 e. The first-order valence-corrected chi connectivity index (χ1v) is 13.7. The first-order chi connectivity index (χ1) is 13.3. The molecule has 0 aliphatic carbocycles. The highest BCUT2D eigenvalue weighted by atomic mass is 28.4. The van der Waals surface area contributed by atoms with E-state index in [1.807, 2.05) is 41.5 Å². The minimum absolute atomic E-state index is 0.0318. The SMILES string of the molecule is CC(C)(C)OC(=O)N1[C@H](CO[Si](C)(C)C(C)(C)C)[C@H]2OC(C)(C)O[C@@]2(C)[C@@H]1CC#N. The number of amides is 1. The Morgan fingerprint density at radius 1 is 1.17 bits per heavy atom. The van der Waals surface area contributed by atoms with Gasteiger partial charge in [0.2, 0.25) is 0 Å². The van der Waals surface area contributed by atoms with Crippen LogP contribution in [0.4, 0.5) is 4.79 Å². The van der Waals surface area contributed by atoms with Crippen LogP contribution in [0.3, 0.4) is 0 Å². The van der Waals surface area contributed by atoms with Crippen LogP contribution in [0, 0.1) is 11.3 Å². The molecule has 4 atom stereocenters. The van der Waals surface area contributed by atoms with Gasteiger partial charge in [0.15, 0.2) is 14.1 Å². The Labute approximate surface area is 183 Å². The third-order valence-electron chi connectivity index (χ3n) is 6.46. The zero-order chi connectivity index (χ0) is 23.3. The molecule has 2 rings (SSSR count). The van der Waals surface area contributed by atoms with Gasteiger partial charge in [-0.25, -0.2) is 4.79 Å². The number of likely N-dealkylation sites (tertiary alicyclic amines) is 1. The number of nitrogens with zero attached hydrogens (tertiary/aromatic N) is 2. The fourth-order valence-electron chi connectivity index (χ4n) is 4.05. The van der Waals surface area contributed by atoms with Gasteiger partial charge in [0.05, 0.1) is 31.2 Å². The summed E-state index contributed by atoms with van der Waals surface area (Å²) in [6.45, 7) is 22.4. The average molecular weight is 441 g/mol. The molecule has 172 valence electrons. The Balaban J connectivity index is 2.44. The maximum Gasteiger partial charge on any atom is 0.411 e. The van der Waals surface area contributed by atoms with Crippen molar-refractivity contribution in [2.75, 3.05) is 6.61 Å². The Morgan fingerprint density at radius 2 is 1.73 bits per heavy atom. The molecule has 2 aliphatic rings. The molecule has 2 aliphatic heterocycles. The number of hydrogen-bond acceptors (Lipinski definition) is 6. The molecular formula is C22H40N2O5Si. The van der Waals surface area contributed by atoms with Gasteiger partial charge in [0.25, 0.3) is 0 Å². The number of hydrogen-bond donors (Lipinski definition) is 0. The average Bonchev–Trinajstić information content (AvgIpc) is 2.87. The van der Waals surface area contributed by atoms with Crippen molar-refractivity contribution < 1.29 is 23.4 Å². The van der Waals surface area contributed by atoms with E-state index in [4.69, 9.17) is 18.6 Å². The number of carbonyl (C=O) groups excluding carboxylic acids is 1. The van der Waals surface area contributed by atoms with E-state index in [9.17, 15) is 10.1 Å². The molecule has 30 heavy (non-hydrogen) atoms. The van der Waals surface area contributed by atoms with Gasteiger partial charge in [-0.1, -0.05) is 20.8 Å². The first-order valence-electron chi connectivity index (χ1n) is 10.7. The summed E-state index contributed by atoms with van der Waals surface area (Å²) in [6.07, 6.45) is -0.752. The summed E-state index contributed by atoms with van der Waals surface area (Å²) in [4.78, 5) is 14.9. The lowest BCUT2D eigenvalue weighted by atomic mass is 9.91. The monoisotopic (exact) mass is 440 g/mol. The number of fused-ring (bicyclic) bond motifs is 1. The van der Waals surface area contributed by atoms with Crippen LogP contribution in [0.1, 0.15) is 68.7 Å². The van der Waals surface area contributed by atoms with Crippen molar-refractivity contribution in [1.82, 2.24) is 4.90 Å². The van der Waals surface area contributed by atoms with Gasteiger partial charge in [-0.2, -0.15) is 5.26 Å².